The lowest BCUT2D eigenvalue weighted by Gasteiger charge is -2.28. The maximum absolute atomic E-state index is 5.37. The van der Waals surface area contributed by atoms with E-state index in [1.165, 1.54) is 30.5 Å². The normalized spacial score (nSPS) is 18.7. The number of fused-ring (bicyclic) bond motifs is 1. The SMILES string of the molecule is Cc1cc2c(cc1NC1CCC1)OCO2. The van der Waals surface area contributed by atoms with E-state index in [0.29, 0.717) is 12.8 Å². The monoisotopic (exact) mass is 205 g/mol. The van der Waals surface area contributed by atoms with Crippen molar-refractivity contribution in [3.05, 3.63) is 17.7 Å². The number of nitrogens with one attached hydrogen (secondary N) is 1. The molecule has 0 saturated heterocycles. The van der Waals surface area contributed by atoms with Gasteiger partial charge in [0.25, 0.3) is 0 Å². The molecule has 1 aliphatic carbocycles. The summed E-state index contributed by atoms with van der Waals surface area (Å²) in [6.07, 6.45) is 3.92. The average molecular weight is 205 g/mol. The molecule has 2 aliphatic rings. The summed E-state index contributed by atoms with van der Waals surface area (Å²) in [5.74, 6) is 1.73. The Hall–Kier alpha value is -1.38. The van der Waals surface area contributed by atoms with Crippen LogP contribution >= 0.6 is 0 Å². The van der Waals surface area contributed by atoms with Gasteiger partial charge >= 0.3 is 0 Å². The number of hydrogen-bond acceptors (Lipinski definition) is 3. The molecular formula is C12H15NO2. The fourth-order valence-electron chi connectivity index (χ4n) is 1.97. The van der Waals surface area contributed by atoms with Crippen LogP contribution in [0.4, 0.5) is 5.69 Å². The van der Waals surface area contributed by atoms with Gasteiger partial charge in [-0.2, -0.15) is 0 Å². The van der Waals surface area contributed by atoms with Crippen molar-refractivity contribution in [2.24, 2.45) is 0 Å². The predicted octanol–water partition coefficient (Wildman–Crippen LogP) is 2.69. The van der Waals surface area contributed by atoms with Crippen LogP contribution in [0.3, 0.4) is 0 Å². The molecule has 80 valence electrons. The minimum atomic E-state index is 0.349. The third-order valence-electron chi connectivity index (χ3n) is 3.18. The van der Waals surface area contributed by atoms with Crippen molar-refractivity contribution in [3.63, 3.8) is 0 Å². The molecule has 1 aromatic carbocycles. The minimum absolute atomic E-state index is 0.349. The predicted molar refractivity (Wildman–Crippen MR) is 58.6 cm³/mol. The third kappa shape index (κ3) is 1.52. The second kappa shape index (κ2) is 3.33. The summed E-state index contributed by atoms with van der Waals surface area (Å²) in [7, 11) is 0. The second-order valence-corrected chi connectivity index (χ2v) is 4.29. The van der Waals surface area contributed by atoms with Gasteiger partial charge in [0.2, 0.25) is 6.79 Å². The van der Waals surface area contributed by atoms with Crippen molar-refractivity contribution in [1.82, 2.24) is 0 Å². The van der Waals surface area contributed by atoms with Crippen LogP contribution < -0.4 is 14.8 Å². The second-order valence-electron chi connectivity index (χ2n) is 4.29. The summed E-state index contributed by atoms with van der Waals surface area (Å²) in [6.45, 7) is 2.45. The van der Waals surface area contributed by atoms with Gasteiger partial charge < -0.3 is 14.8 Å². The summed E-state index contributed by atoms with van der Waals surface area (Å²) in [5, 5.41) is 3.54. The Morgan fingerprint density at radius 2 is 1.93 bits per heavy atom. The topological polar surface area (TPSA) is 30.5 Å². The quantitative estimate of drug-likeness (QED) is 0.805. The first-order chi connectivity index (χ1) is 7.33. The largest absolute Gasteiger partial charge is 0.454 e. The van der Waals surface area contributed by atoms with Crippen LogP contribution in [0.15, 0.2) is 12.1 Å². The Morgan fingerprint density at radius 1 is 1.20 bits per heavy atom. The van der Waals surface area contributed by atoms with Crippen LogP contribution in [0.1, 0.15) is 24.8 Å². The first-order valence-corrected chi connectivity index (χ1v) is 5.50. The van der Waals surface area contributed by atoms with Crippen LogP contribution in [0, 0.1) is 6.92 Å². The van der Waals surface area contributed by atoms with Gasteiger partial charge in [-0.05, 0) is 37.8 Å². The number of anilines is 1. The molecule has 1 aliphatic heterocycles. The van der Waals surface area contributed by atoms with Crippen LogP contribution in [-0.2, 0) is 0 Å². The molecule has 0 radical (unpaired) electrons. The highest BCUT2D eigenvalue weighted by Crippen LogP contribution is 2.37. The fraction of sp³-hybridized carbons (Fsp3) is 0.500. The highest BCUT2D eigenvalue weighted by molar-refractivity contribution is 5.61. The van der Waals surface area contributed by atoms with E-state index in [-0.39, 0.29) is 0 Å². The van der Waals surface area contributed by atoms with Crippen LogP contribution in [0.25, 0.3) is 0 Å². The van der Waals surface area contributed by atoms with Crippen molar-refractivity contribution in [3.8, 4) is 11.5 Å². The highest BCUT2D eigenvalue weighted by atomic mass is 16.7. The Labute approximate surface area is 89.4 Å². The van der Waals surface area contributed by atoms with E-state index in [2.05, 4.69) is 18.3 Å². The number of hydrogen-bond donors (Lipinski definition) is 1. The Balaban J connectivity index is 1.86. The standard InChI is InChI=1S/C12H15NO2/c1-8-5-11-12(15-7-14-11)6-10(8)13-9-3-2-4-9/h5-6,9,13H,2-4,7H2,1H3. The molecule has 15 heavy (non-hydrogen) atoms. The van der Waals surface area contributed by atoms with Crippen LogP contribution in [-0.4, -0.2) is 12.8 Å². The van der Waals surface area contributed by atoms with E-state index in [9.17, 15) is 0 Å². The Kier molecular flexibility index (Phi) is 1.97. The highest BCUT2D eigenvalue weighted by Gasteiger charge is 2.20. The van der Waals surface area contributed by atoms with Gasteiger partial charge in [-0.3, -0.25) is 0 Å². The van der Waals surface area contributed by atoms with E-state index in [0.717, 1.165) is 11.5 Å². The lowest BCUT2D eigenvalue weighted by molar-refractivity contribution is 0.174. The molecule has 0 unspecified atom stereocenters. The lowest BCUT2D eigenvalue weighted by Crippen LogP contribution is -2.27. The molecule has 0 spiro atoms. The first-order valence-electron chi connectivity index (χ1n) is 5.50. The molecule has 1 heterocycles. The van der Waals surface area contributed by atoms with Gasteiger partial charge in [0.15, 0.2) is 11.5 Å². The Morgan fingerprint density at radius 3 is 2.60 bits per heavy atom. The van der Waals surface area contributed by atoms with Gasteiger partial charge in [-0.25, -0.2) is 0 Å². The molecule has 1 aromatic rings. The molecule has 1 fully saturated rings. The average Bonchev–Trinajstić information content (AvgIpc) is 2.58. The molecule has 0 amide bonds. The van der Waals surface area contributed by atoms with Gasteiger partial charge in [-0.15, -0.1) is 0 Å². The molecule has 1 saturated carbocycles. The van der Waals surface area contributed by atoms with Crippen molar-refractivity contribution < 1.29 is 9.47 Å². The van der Waals surface area contributed by atoms with Crippen molar-refractivity contribution in [1.29, 1.82) is 0 Å². The minimum Gasteiger partial charge on any atom is -0.454 e. The van der Waals surface area contributed by atoms with Crippen LogP contribution in [0.5, 0.6) is 11.5 Å². The first kappa shape index (κ1) is 8.89. The van der Waals surface area contributed by atoms with E-state index in [4.69, 9.17) is 9.47 Å². The van der Waals surface area contributed by atoms with Crippen molar-refractivity contribution in [2.45, 2.75) is 32.2 Å². The Bertz CT molecular complexity index is 385. The van der Waals surface area contributed by atoms with E-state index in [1.54, 1.807) is 0 Å². The van der Waals surface area contributed by atoms with Crippen molar-refractivity contribution in [2.75, 3.05) is 12.1 Å². The van der Waals surface area contributed by atoms with E-state index >= 15 is 0 Å². The third-order valence-corrected chi connectivity index (χ3v) is 3.18. The number of ether oxygens (including phenoxy) is 2. The van der Waals surface area contributed by atoms with E-state index in [1.807, 2.05) is 6.07 Å². The maximum atomic E-state index is 5.37. The lowest BCUT2D eigenvalue weighted by atomic mass is 9.92. The van der Waals surface area contributed by atoms with Gasteiger partial charge in [0.05, 0.1) is 0 Å². The summed E-state index contributed by atoms with van der Waals surface area (Å²) < 4.78 is 10.7. The molecule has 0 bridgehead atoms. The summed E-state index contributed by atoms with van der Waals surface area (Å²) >= 11 is 0. The zero-order valence-corrected chi connectivity index (χ0v) is 8.88. The van der Waals surface area contributed by atoms with Gasteiger partial charge in [-0.1, -0.05) is 0 Å². The summed E-state index contributed by atoms with van der Waals surface area (Å²) in [5.41, 5.74) is 2.41. The number of aryl methyl sites for hydroxylation is 1. The summed E-state index contributed by atoms with van der Waals surface area (Å²) in [4.78, 5) is 0. The van der Waals surface area contributed by atoms with E-state index < -0.39 is 0 Å². The van der Waals surface area contributed by atoms with Crippen molar-refractivity contribution >= 4 is 5.69 Å². The zero-order chi connectivity index (χ0) is 10.3. The molecular weight excluding hydrogens is 190 g/mol. The molecule has 1 N–H and O–H groups in total. The number of benzene rings is 1. The van der Waals surface area contributed by atoms with Gasteiger partial charge in [0.1, 0.15) is 0 Å². The molecule has 0 atom stereocenters. The summed E-state index contributed by atoms with van der Waals surface area (Å²) in [6, 6.07) is 4.75. The maximum Gasteiger partial charge on any atom is 0.231 e. The molecule has 3 rings (SSSR count). The van der Waals surface area contributed by atoms with Crippen LogP contribution in [0.2, 0.25) is 0 Å². The van der Waals surface area contributed by atoms with Gasteiger partial charge in [0, 0.05) is 17.8 Å². The zero-order valence-electron chi connectivity index (χ0n) is 8.88. The molecule has 3 heteroatoms. The number of rotatable bonds is 2. The molecule has 3 nitrogen and oxygen atoms in total. The fourth-order valence-corrected chi connectivity index (χ4v) is 1.97. The smallest absolute Gasteiger partial charge is 0.231 e. The molecule has 0 aromatic heterocycles.